The summed E-state index contributed by atoms with van der Waals surface area (Å²) in [6.45, 7) is 2.06. The molecule has 0 aliphatic rings. The molecule has 0 saturated heterocycles. The van der Waals surface area contributed by atoms with Crippen molar-refractivity contribution in [2.75, 3.05) is 17.5 Å². The molecule has 232 valence electrons. The van der Waals surface area contributed by atoms with Crippen LogP contribution in [-0.4, -0.2) is 32.2 Å². The van der Waals surface area contributed by atoms with E-state index >= 15 is 0 Å². The largest absolute Gasteiger partial charge is 0.487 e. The Balaban J connectivity index is 1.24. The van der Waals surface area contributed by atoms with E-state index in [-0.39, 0.29) is 18.8 Å². The summed E-state index contributed by atoms with van der Waals surface area (Å²) in [5.41, 5.74) is 1.65. The second-order valence-corrected chi connectivity index (χ2v) is 14.2. The molecule has 8 nitrogen and oxygen atoms in total. The van der Waals surface area contributed by atoms with Gasteiger partial charge in [-0.25, -0.2) is 13.7 Å². The molecule has 0 radical (unpaired) electrons. The van der Waals surface area contributed by atoms with Gasteiger partial charge in [0.1, 0.15) is 23.9 Å². The van der Waals surface area contributed by atoms with Crippen LogP contribution in [0.5, 0.6) is 17.2 Å². The highest BCUT2D eigenvalue weighted by molar-refractivity contribution is 7.92. The summed E-state index contributed by atoms with van der Waals surface area (Å²) in [4.78, 5) is 0. The average molecular weight is 661 g/mol. The minimum Gasteiger partial charge on any atom is -0.487 e. The normalized spacial score (nSPS) is 12.7. The molecule has 0 spiro atoms. The predicted molar refractivity (Wildman–Crippen MR) is 182 cm³/mol. The maximum absolute atomic E-state index is 12.2. The number of hydrogen-bond acceptors (Lipinski definition) is 9. The van der Waals surface area contributed by atoms with Crippen LogP contribution in [0.15, 0.2) is 108 Å². The molecule has 0 amide bonds. The molecular formula is C34H32N2O6S3. The number of aliphatic hydroxyl groups excluding tert-OH is 1. The van der Waals surface area contributed by atoms with E-state index in [4.69, 9.17) is 14.2 Å². The molecule has 6 aromatic rings. The van der Waals surface area contributed by atoms with E-state index in [1.54, 1.807) is 47.8 Å². The molecule has 2 aromatic heterocycles. The second-order valence-electron chi connectivity index (χ2n) is 10.6. The first-order chi connectivity index (χ1) is 21.7. The van der Waals surface area contributed by atoms with E-state index in [1.807, 2.05) is 89.6 Å². The molecular weight excluding hydrogens is 629 g/mol. The zero-order valence-electron chi connectivity index (χ0n) is 24.6. The van der Waals surface area contributed by atoms with Crippen LogP contribution in [0.3, 0.4) is 0 Å². The Kier molecular flexibility index (Phi) is 8.97. The Bertz CT molecular complexity index is 1950. The van der Waals surface area contributed by atoms with Crippen molar-refractivity contribution < 1.29 is 27.7 Å². The van der Waals surface area contributed by atoms with Gasteiger partial charge >= 0.3 is 5.91 Å². The van der Waals surface area contributed by atoms with Crippen LogP contribution in [0.25, 0.3) is 20.2 Å². The first-order valence-corrected chi connectivity index (χ1v) is 17.8. The summed E-state index contributed by atoms with van der Waals surface area (Å²) in [6.07, 6.45) is 0.0272. The van der Waals surface area contributed by atoms with Gasteiger partial charge in [0.2, 0.25) is 10.0 Å². The maximum atomic E-state index is 12.2. The third kappa shape index (κ3) is 7.58. The van der Waals surface area contributed by atoms with Gasteiger partial charge in [-0.3, -0.25) is 4.72 Å². The van der Waals surface area contributed by atoms with E-state index in [1.165, 1.54) is 0 Å². The first kappa shape index (κ1) is 30.9. The predicted octanol–water partition coefficient (Wildman–Crippen LogP) is 7.52. The first-order valence-electron chi connectivity index (χ1n) is 14.2. The Morgan fingerprint density at radius 1 is 0.800 bits per heavy atom. The highest BCUT2D eigenvalue weighted by Crippen LogP contribution is 2.38. The summed E-state index contributed by atoms with van der Waals surface area (Å²) in [7, 11) is -3.62. The fourth-order valence-electron chi connectivity index (χ4n) is 4.87. The third-order valence-corrected chi connectivity index (χ3v) is 9.51. The number of anilines is 1. The SMILES string of the molecule is CC(NCC(O)c1ccc(OCc2ccccc2)c(NS(C)(=O)=O)c1)(Oc1csc2ccccc12)Oc1csc2ccccc12. The van der Waals surface area contributed by atoms with Gasteiger partial charge in [-0.1, -0.05) is 60.7 Å². The highest BCUT2D eigenvalue weighted by Gasteiger charge is 2.32. The van der Waals surface area contributed by atoms with E-state index in [9.17, 15) is 13.5 Å². The number of rotatable bonds is 13. The van der Waals surface area contributed by atoms with Crippen molar-refractivity contribution in [3.05, 3.63) is 119 Å². The highest BCUT2D eigenvalue weighted by atomic mass is 32.2. The van der Waals surface area contributed by atoms with E-state index in [0.29, 0.717) is 22.8 Å². The lowest BCUT2D eigenvalue weighted by atomic mass is 10.1. The monoisotopic (exact) mass is 660 g/mol. The number of fused-ring (bicyclic) bond motifs is 2. The van der Waals surface area contributed by atoms with Crippen molar-refractivity contribution in [2.24, 2.45) is 0 Å². The average Bonchev–Trinajstić information content (AvgIpc) is 3.63. The van der Waals surface area contributed by atoms with Crippen LogP contribution < -0.4 is 24.2 Å². The van der Waals surface area contributed by atoms with Crippen LogP contribution in [-0.2, 0) is 16.6 Å². The summed E-state index contributed by atoms with van der Waals surface area (Å²) >= 11 is 3.15. The van der Waals surface area contributed by atoms with Crippen LogP contribution in [0.2, 0.25) is 0 Å². The number of aliphatic hydroxyl groups is 1. The van der Waals surface area contributed by atoms with Gasteiger partial charge in [-0.15, -0.1) is 22.7 Å². The van der Waals surface area contributed by atoms with Crippen LogP contribution >= 0.6 is 22.7 Å². The van der Waals surface area contributed by atoms with Crippen molar-refractivity contribution >= 4 is 58.6 Å². The lowest BCUT2D eigenvalue weighted by Crippen LogP contribution is -2.53. The zero-order valence-corrected chi connectivity index (χ0v) is 27.0. The van der Waals surface area contributed by atoms with Gasteiger partial charge in [-0.2, -0.15) is 0 Å². The minimum atomic E-state index is -3.62. The van der Waals surface area contributed by atoms with Gasteiger partial charge in [0.15, 0.2) is 0 Å². The molecule has 45 heavy (non-hydrogen) atoms. The maximum Gasteiger partial charge on any atom is 0.310 e. The molecule has 4 aromatic carbocycles. The number of sulfonamides is 1. The van der Waals surface area contributed by atoms with Crippen LogP contribution in [0.1, 0.15) is 24.2 Å². The van der Waals surface area contributed by atoms with E-state index in [0.717, 1.165) is 32.0 Å². The van der Waals surface area contributed by atoms with Gasteiger partial charge in [0.05, 0.1) is 18.0 Å². The summed E-state index contributed by atoms with van der Waals surface area (Å²) in [6, 6.07) is 30.4. The molecule has 2 heterocycles. The van der Waals surface area contributed by atoms with Crippen molar-refractivity contribution in [3.63, 3.8) is 0 Å². The summed E-state index contributed by atoms with van der Waals surface area (Å²) in [5.74, 6) is 0.276. The molecule has 1 unspecified atom stereocenters. The van der Waals surface area contributed by atoms with Crippen molar-refractivity contribution in [1.29, 1.82) is 0 Å². The Hall–Kier alpha value is -4.13. The van der Waals surface area contributed by atoms with E-state index in [2.05, 4.69) is 10.0 Å². The molecule has 0 bridgehead atoms. The number of thiophene rings is 2. The zero-order chi connectivity index (χ0) is 31.4. The lowest BCUT2D eigenvalue weighted by Gasteiger charge is -2.32. The fraction of sp³-hybridized carbons (Fsp3) is 0.176. The second kappa shape index (κ2) is 13.1. The molecule has 0 fully saturated rings. The molecule has 0 saturated carbocycles. The van der Waals surface area contributed by atoms with Crippen molar-refractivity contribution in [2.45, 2.75) is 25.5 Å². The topological polar surface area (TPSA) is 106 Å². The molecule has 1 atom stereocenters. The van der Waals surface area contributed by atoms with Gasteiger partial charge in [0, 0.05) is 44.4 Å². The third-order valence-electron chi connectivity index (χ3n) is 7.04. The van der Waals surface area contributed by atoms with Crippen LogP contribution in [0, 0.1) is 0 Å². The van der Waals surface area contributed by atoms with Gasteiger partial charge in [0.25, 0.3) is 0 Å². The quantitative estimate of drug-likeness (QED) is 0.110. The molecule has 11 heteroatoms. The van der Waals surface area contributed by atoms with E-state index < -0.39 is 22.0 Å². The van der Waals surface area contributed by atoms with Gasteiger partial charge < -0.3 is 19.3 Å². The Morgan fingerprint density at radius 3 is 1.98 bits per heavy atom. The van der Waals surface area contributed by atoms with Crippen LogP contribution in [0.4, 0.5) is 5.69 Å². The molecule has 0 aliphatic carbocycles. The lowest BCUT2D eigenvalue weighted by molar-refractivity contribution is -0.127. The smallest absolute Gasteiger partial charge is 0.310 e. The summed E-state index contributed by atoms with van der Waals surface area (Å²) < 4.78 is 48.0. The van der Waals surface area contributed by atoms with Crippen molar-refractivity contribution in [1.82, 2.24) is 5.32 Å². The summed E-state index contributed by atoms with van der Waals surface area (Å²) in [5, 5.41) is 20.4. The molecule has 0 aliphatic heterocycles. The number of benzene rings is 4. The number of nitrogens with one attached hydrogen (secondary N) is 2. The number of ether oxygens (including phenoxy) is 3. The number of hydrogen-bond donors (Lipinski definition) is 3. The van der Waals surface area contributed by atoms with Gasteiger partial charge in [-0.05, 0) is 47.5 Å². The standard InChI is InChI=1S/C34H32N2O6S3/c1-34(41-30-21-43-32-14-8-6-12-25(30)32,42-31-22-44-33-15-9-7-13-26(31)33)35-19-28(37)24-16-17-29(27(18-24)36-45(2,38)39)40-20-23-10-4-3-5-11-23/h3-18,21-22,28,35-37H,19-20H2,1-2H3. The Labute approximate surface area is 269 Å². The Morgan fingerprint density at radius 2 is 1.38 bits per heavy atom. The molecule has 6 rings (SSSR count). The molecule has 3 N–H and O–H groups in total. The van der Waals surface area contributed by atoms with Crippen molar-refractivity contribution in [3.8, 4) is 17.2 Å². The minimum absolute atomic E-state index is 0.0309. The fourth-order valence-corrected chi connectivity index (χ4v) is 7.16.